The summed E-state index contributed by atoms with van der Waals surface area (Å²) in [5, 5.41) is 0.929. The Labute approximate surface area is 191 Å². The zero-order valence-corrected chi connectivity index (χ0v) is 18.6. The SMILES string of the molecule is Cc1ccc(NS(=O)(=O)c2cccc(C(=O)NNC(=O)Cc3c[nH]c4ccccc34)c2)cc1. The molecule has 4 rings (SSSR count). The van der Waals surface area contributed by atoms with E-state index < -0.39 is 21.8 Å². The van der Waals surface area contributed by atoms with Gasteiger partial charge in [0.25, 0.3) is 15.9 Å². The van der Waals surface area contributed by atoms with Crippen molar-refractivity contribution in [3.63, 3.8) is 0 Å². The van der Waals surface area contributed by atoms with Crippen LogP contribution in [0.15, 0.2) is 83.9 Å². The second-order valence-electron chi connectivity index (χ2n) is 7.54. The number of benzene rings is 3. The Kier molecular flexibility index (Phi) is 6.14. The number of aryl methyl sites for hydroxylation is 1. The molecule has 1 aromatic heterocycles. The van der Waals surface area contributed by atoms with E-state index in [1.165, 1.54) is 24.3 Å². The number of H-pyrrole nitrogens is 1. The lowest BCUT2D eigenvalue weighted by Gasteiger charge is -2.10. The molecule has 0 saturated carbocycles. The fourth-order valence-electron chi connectivity index (χ4n) is 3.33. The number of aromatic nitrogens is 1. The van der Waals surface area contributed by atoms with Gasteiger partial charge in [-0.1, -0.05) is 42.0 Å². The average molecular weight is 463 g/mol. The van der Waals surface area contributed by atoms with E-state index in [0.717, 1.165) is 22.0 Å². The van der Waals surface area contributed by atoms with E-state index in [9.17, 15) is 18.0 Å². The van der Waals surface area contributed by atoms with Crippen LogP contribution in [-0.4, -0.2) is 25.2 Å². The van der Waals surface area contributed by atoms with Gasteiger partial charge in [0.15, 0.2) is 0 Å². The number of fused-ring (bicyclic) bond motifs is 1. The van der Waals surface area contributed by atoms with Gasteiger partial charge in [0.05, 0.1) is 11.3 Å². The largest absolute Gasteiger partial charge is 0.361 e. The first-order chi connectivity index (χ1) is 15.8. The van der Waals surface area contributed by atoms with E-state index in [-0.39, 0.29) is 16.9 Å². The van der Waals surface area contributed by atoms with Crippen LogP contribution in [0.1, 0.15) is 21.5 Å². The molecule has 0 bridgehead atoms. The lowest BCUT2D eigenvalue weighted by Crippen LogP contribution is -2.42. The Bertz CT molecular complexity index is 1430. The van der Waals surface area contributed by atoms with Crippen LogP contribution in [0.5, 0.6) is 0 Å². The van der Waals surface area contributed by atoms with Crippen molar-refractivity contribution in [1.82, 2.24) is 15.8 Å². The number of hydrogen-bond donors (Lipinski definition) is 4. The second kappa shape index (κ2) is 9.17. The average Bonchev–Trinajstić information content (AvgIpc) is 3.22. The summed E-state index contributed by atoms with van der Waals surface area (Å²) in [7, 11) is -3.89. The van der Waals surface area contributed by atoms with Crippen molar-refractivity contribution in [2.24, 2.45) is 0 Å². The van der Waals surface area contributed by atoms with Crippen molar-refractivity contribution in [2.75, 3.05) is 4.72 Å². The van der Waals surface area contributed by atoms with Gasteiger partial charge in [-0.05, 0) is 48.9 Å². The standard InChI is InChI=1S/C24H22N4O4S/c1-16-9-11-19(12-10-16)28-33(31,32)20-6-4-5-17(13-20)24(30)27-26-23(29)14-18-15-25-22-8-3-2-7-21(18)22/h2-13,15,25,28H,14H2,1H3,(H,26,29)(H,27,30). The number of hydrogen-bond acceptors (Lipinski definition) is 4. The molecule has 0 atom stereocenters. The molecule has 0 saturated heterocycles. The molecule has 0 unspecified atom stereocenters. The van der Waals surface area contributed by atoms with Crippen molar-refractivity contribution < 1.29 is 18.0 Å². The Hall–Kier alpha value is -4.11. The number of carbonyl (C=O) groups excluding carboxylic acids is 2. The third kappa shape index (κ3) is 5.21. The summed E-state index contributed by atoms with van der Waals surface area (Å²) in [5.41, 5.74) is 7.93. The topological polar surface area (TPSA) is 120 Å². The van der Waals surface area contributed by atoms with Crippen LogP contribution in [-0.2, 0) is 21.2 Å². The molecule has 2 amide bonds. The maximum atomic E-state index is 12.7. The first kappa shape index (κ1) is 22.1. The predicted octanol–water partition coefficient (Wildman–Crippen LogP) is 3.28. The summed E-state index contributed by atoms with van der Waals surface area (Å²) < 4.78 is 27.9. The van der Waals surface area contributed by atoms with Crippen molar-refractivity contribution in [3.8, 4) is 0 Å². The number of nitrogens with one attached hydrogen (secondary N) is 4. The summed E-state index contributed by atoms with van der Waals surface area (Å²) in [5.74, 6) is -1.03. The van der Waals surface area contributed by atoms with Crippen LogP contribution in [0.2, 0.25) is 0 Å². The van der Waals surface area contributed by atoms with E-state index in [1.54, 1.807) is 30.5 Å². The van der Waals surface area contributed by atoms with Gasteiger partial charge in [-0.25, -0.2) is 8.42 Å². The molecule has 0 aliphatic rings. The number of para-hydroxylation sites is 1. The lowest BCUT2D eigenvalue weighted by atomic mass is 10.1. The van der Waals surface area contributed by atoms with E-state index in [4.69, 9.17) is 0 Å². The Morgan fingerprint density at radius 1 is 0.909 bits per heavy atom. The van der Waals surface area contributed by atoms with Crippen LogP contribution < -0.4 is 15.6 Å². The highest BCUT2D eigenvalue weighted by molar-refractivity contribution is 7.92. The molecule has 8 nitrogen and oxygen atoms in total. The maximum absolute atomic E-state index is 12.7. The first-order valence-electron chi connectivity index (χ1n) is 10.2. The number of anilines is 1. The summed E-state index contributed by atoms with van der Waals surface area (Å²) in [4.78, 5) is 27.8. The van der Waals surface area contributed by atoms with Crippen molar-refractivity contribution in [2.45, 2.75) is 18.2 Å². The van der Waals surface area contributed by atoms with Gasteiger partial charge in [0.1, 0.15) is 0 Å². The lowest BCUT2D eigenvalue weighted by molar-refractivity contribution is -0.121. The van der Waals surface area contributed by atoms with Gasteiger partial charge >= 0.3 is 0 Å². The van der Waals surface area contributed by atoms with Crippen molar-refractivity contribution in [3.05, 3.63) is 95.7 Å². The number of carbonyl (C=O) groups is 2. The molecule has 9 heteroatoms. The minimum Gasteiger partial charge on any atom is -0.361 e. The molecule has 168 valence electrons. The number of hydrazine groups is 1. The molecular weight excluding hydrogens is 440 g/mol. The van der Waals surface area contributed by atoms with E-state index in [2.05, 4.69) is 20.6 Å². The number of amides is 2. The van der Waals surface area contributed by atoms with Gasteiger partial charge in [-0.3, -0.25) is 25.2 Å². The molecule has 4 aromatic rings. The molecular formula is C24H22N4O4S. The summed E-state index contributed by atoms with van der Waals surface area (Å²) in [6.07, 6.45) is 1.82. The molecule has 0 radical (unpaired) electrons. The monoisotopic (exact) mass is 462 g/mol. The summed E-state index contributed by atoms with van der Waals surface area (Å²) in [6.45, 7) is 1.90. The summed E-state index contributed by atoms with van der Waals surface area (Å²) in [6, 6.07) is 20.1. The molecule has 0 aliphatic carbocycles. The molecule has 33 heavy (non-hydrogen) atoms. The van der Waals surface area contributed by atoms with Crippen LogP contribution in [0, 0.1) is 6.92 Å². The maximum Gasteiger partial charge on any atom is 0.269 e. The van der Waals surface area contributed by atoms with Crippen LogP contribution in [0.3, 0.4) is 0 Å². The highest BCUT2D eigenvalue weighted by atomic mass is 32.2. The first-order valence-corrected chi connectivity index (χ1v) is 11.6. The van der Waals surface area contributed by atoms with Crippen molar-refractivity contribution >= 4 is 38.4 Å². The number of aromatic amines is 1. The molecule has 0 fully saturated rings. The van der Waals surface area contributed by atoms with Crippen LogP contribution >= 0.6 is 0 Å². The fraction of sp³-hybridized carbons (Fsp3) is 0.0833. The van der Waals surface area contributed by atoms with Gasteiger partial charge in [0.2, 0.25) is 5.91 Å². The zero-order valence-electron chi connectivity index (χ0n) is 17.8. The van der Waals surface area contributed by atoms with E-state index >= 15 is 0 Å². The normalized spacial score (nSPS) is 11.2. The predicted molar refractivity (Wildman–Crippen MR) is 126 cm³/mol. The van der Waals surface area contributed by atoms with Gasteiger partial charge in [0, 0.05) is 28.4 Å². The van der Waals surface area contributed by atoms with E-state index in [0.29, 0.717) is 5.69 Å². The zero-order chi connectivity index (χ0) is 23.4. The van der Waals surface area contributed by atoms with E-state index in [1.807, 2.05) is 31.2 Å². The Morgan fingerprint density at radius 3 is 2.45 bits per heavy atom. The Balaban J connectivity index is 1.40. The van der Waals surface area contributed by atoms with Crippen molar-refractivity contribution in [1.29, 1.82) is 0 Å². The second-order valence-corrected chi connectivity index (χ2v) is 9.22. The molecule has 3 aromatic carbocycles. The highest BCUT2D eigenvalue weighted by Crippen LogP contribution is 2.19. The Morgan fingerprint density at radius 2 is 1.67 bits per heavy atom. The molecule has 0 aliphatic heterocycles. The van der Waals surface area contributed by atoms with Gasteiger partial charge in [-0.2, -0.15) is 0 Å². The van der Waals surface area contributed by atoms with Gasteiger partial charge < -0.3 is 4.98 Å². The smallest absolute Gasteiger partial charge is 0.269 e. The number of sulfonamides is 1. The molecule has 1 heterocycles. The highest BCUT2D eigenvalue weighted by Gasteiger charge is 2.17. The fourth-order valence-corrected chi connectivity index (χ4v) is 4.44. The quantitative estimate of drug-likeness (QED) is 0.329. The molecule has 0 spiro atoms. The minimum atomic E-state index is -3.89. The van der Waals surface area contributed by atoms with Crippen LogP contribution in [0.4, 0.5) is 5.69 Å². The molecule has 4 N–H and O–H groups in total. The summed E-state index contributed by atoms with van der Waals surface area (Å²) >= 11 is 0. The minimum absolute atomic E-state index is 0.0686. The number of rotatable bonds is 6. The van der Waals surface area contributed by atoms with Crippen LogP contribution in [0.25, 0.3) is 10.9 Å². The third-order valence-electron chi connectivity index (χ3n) is 5.05. The third-order valence-corrected chi connectivity index (χ3v) is 6.43. The van der Waals surface area contributed by atoms with Gasteiger partial charge in [-0.15, -0.1) is 0 Å².